The fraction of sp³-hybridized carbons (Fsp3) is 0.571. The lowest BCUT2D eigenvalue weighted by atomic mass is 10.1. The summed E-state index contributed by atoms with van der Waals surface area (Å²) >= 11 is 0. The number of hydrogen-bond donors (Lipinski definition) is 2. The Morgan fingerprint density at radius 3 is 2.68 bits per heavy atom. The fourth-order valence-corrected chi connectivity index (χ4v) is 3.89. The van der Waals surface area contributed by atoms with Gasteiger partial charge in [-0.15, -0.1) is 0 Å². The molecule has 4 heteroatoms. The molecule has 0 spiro atoms. The van der Waals surface area contributed by atoms with E-state index < -0.39 is 0 Å². The number of pyridine rings is 1. The molecule has 0 saturated heterocycles. The van der Waals surface area contributed by atoms with Crippen LogP contribution in [0.25, 0.3) is 10.9 Å². The van der Waals surface area contributed by atoms with Crippen LogP contribution in [-0.2, 0) is 0 Å². The number of hydrogen-bond acceptors (Lipinski definition) is 3. The maximum atomic E-state index is 12.3. The molecule has 0 bridgehead atoms. The minimum Gasteiger partial charge on any atom is -0.503 e. The molecule has 1 aliphatic carbocycles. The molecule has 1 aliphatic rings. The summed E-state index contributed by atoms with van der Waals surface area (Å²) in [5.41, 5.74) is 1.72. The summed E-state index contributed by atoms with van der Waals surface area (Å²) in [5, 5.41) is 14.1. The molecule has 1 saturated carbocycles. The number of benzene rings is 1. The maximum absolute atomic E-state index is 12.3. The fourth-order valence-electron chi connectivity index (χ4n) is 3.89. The van der Waals surface area contributed by atoms with Crippen molar-refractivity contribution in [3.8, 4) is 5.75 Å². The quantitative estimate of drug-likeness (QED) is 0.648. The third-order valence-corrected chi connectivity index (χ3v) is 5.34. The highest BCUT2D eigenvalue weighted by molar-refractivity contribution is 5.83. The van der Waals surface area contributed by atoms with Crippen molar-refractivity contribution >= 4 is 16.6 Å². The number of nitrogens with one attached hydrogen (secondary N) is 1. The molecule has 1 aromatic heterocycles. The van der Waals surface area contributed by atoms with E-state index >= 15 is 0 Å². The second kappa shape index (κ2) is 8.41. The summed E-state index contributed by atoms with van der Waals surface area (Å²) in [5.74, 6) is -0.143. The molecule has 0 atom stereocenters. The molecule has 0 amide bonds. The first-order chi connectivity index (χ1) is 12.2. The van der Waals surface area contributed by atoms with E-state index in [9.17, 15) is 9.90 Å². The molecule has 0 unspecified atom stereocenters. The second-order valence-corrected chi connectivity index (χ2v) is 7.26. The van der Waals surface area contributed by atoms with Crippen LogP contribution in [0.5, 0.6) is 5.75 Å². The zero-order valence-electron chi connectivity index (χ0n) is 15.3. The van der Waals surface area contributed by atoms with Gasteiger partial charge in [-0.3, -0.25) is 4.79 Å². The van der Waals surface area contributed by atoms with Crippen LogP contribution in [0, 0.1) is 0 Å². The monoisotopic (exact) mass is 342 g/mol. The normalized spacial score (nSPS) is 15.1. The van der Waals surface area contributed by atoms with Crippen LogP contribution in [0.4, 0.5) is 5.69 Å². The molecule has 136 valence electrons. The van der Waals surface area contributed by atoms with Crippen molar-refractivity contribution in [1.82, 2.24) is 4.57 Å². The zero-order chi connectivity index (χ0) is 17.6. The van der Waals surface area contributed by atoms with Gasteiger partial charge in [-0.05, 0) is 37.5 Å². The van der Waals surface area contributed by atoms with Crippen LogP contribution in [0.2, 0.25) is 0 Å². The van der Waals surface area contributed by atoms with Crippen LogP contribution in [0.15, 0.2) is 29.2 Å². The van der Waals surface area contributed by atoms with E-state index in [2.05, 4.69) is 22.9 Å². The van der Waals surface area contributed by atoms with Gasteiger partial charge in [0.1, 0.15) is 0 Å². The smallest absolute Gasteiger partial charge is 0.230 e. The van der Waals surface area contributed by atoms with E-state index in [1.54, 1.807) is 6.20 Å². The predicted octanol–water partition coefficient (Wildman–Crippen LogP) is 5.20. The van der Waals surface area contributed by atoms with Gasteiger partial charge in [0, 0.05) is 23.7 Å². The lowest BCUT2D eigenvalue weighted by molar-refractivity contribution is 0.451. The Morgan fingerprint density at radius 1 is 1.16 bits per heavy atom. The number of nitrogens with zero attached hydrogens (tertiary/aromatic N) is 1. The van der Waals surface area contributed by atoms with Crippen molar-refractivity contribution in [1.29, 1.82) is 0 Å². The Bertz CT molecular complexity index is 760. The number of fused-ring (bicyclic) bond motifs is 1. The zero-order valence-corrected chi connectivity index (χ0v) is 15.3. The molecule has 2 aromatic rings. The Balaban J connectivity index is 1.79. The SMILES string of the molecule is CCCCCCCNc1ccc2c(=O)c(O)cn(C3CCCC3)c2c1. The van der Waals surface area contributed by atoms with Crippen LogP contribution in [-0.4, -0.2) is 16.2 Å². The molecule has 0 radical (unpaired) electrons. The van der Waals surface area contributed by atoms with Gasteiger partial charge in [0.25, 0.3) is 0 Å². The molecule has 1 aromatic carbocycles. The van der Waals surface area contributed by atoms with E-state index in [1.807, 2.05) is 12.1 Å². The predicted molar refractivity (Wildman–Crippen MR) is 105 cm³/mol. The standard InChI is InChI=1S/C21H30N2O2/c1-2-3-4-5-8-13-22-16-11-12-18-19(14-16)23(15-20(24)21(18)25)17-9-6-7-10-17/h11-12,14-15,17,22,24H,2-10,13H2,1H3. The molecule has 3 rings (SSSR count). The van der Waals surface area contributed by atoms with E-state index in [0.717, 1.165) is 30.6 Å². The molecule has 0 aliphatic heterocycles. The molecule has 1 heterocycles. The number of rotatable bonds is 8. The third-order valence-electron chi connectivity index (χ3n) is 5.34. The lowest BCUT2D eigenvalue weighted by Crippen LogP contribution is -2.13. The molecule has 25 heavy (non-hydrogen) atoms. The average molecular weight is 342 g/mol. The average Bonchev–Trinajstić information content (AvgIpc) is 3.15. The van der Waals surface area contributed by atoms with Gasteiger partial charge in [-0.1, -0.05) is 45.4 Å². The van der Waals surface area contributed by atoms with Gasteiger partial charge in [0.15, 0.2) is 5.75 Å². The number of anilines is 1. The molecular formula is C21H30N2O2. The van der Waals surface area contributed by atoms with Crippen LogP contribution in [0.1, 0.15) is 70.8 Å². The summed E-state index contributed by atoms with van der Waals surface area (Å²) in [6.07, 6.45) is 12.6. The lowest BCUT2D eigenvalue weighted by Gasteiger charge is -2.19. The maximum Gasteiger partial charge on any atom is 0.230 e. The van der Waals surface area contributed by atoms with Crippen LogP contribution in [0.3, 0.4) is 0 Å². The van der Waals surface area contributed by atoms with Crippen molar-refractivity contribution in [2.45, 2.75) is 70.8 Å². The minimum atomic E-state index is -0.268. The largest absolute Gasteiger partial charge is 0.503 e. The summed E-state index contributed by atoms with van der Waals surface area (Å²) in [6.45, 7) is 3.19. The number of aromatic hydroxyl groups is 1. The molecule has 4 nitrogen and oxygen atoms in total. The van der Waals surface area contributed by atoms with Gasteiger partial charge in [-0.2, -0.15) is 0 Å². The van der Waals surface area contributed by atoms with E-state index in [0.29, 0.717) is 11.4 Å². The van der Waals surface area contributed by atoms with Gasteiger partial charge in [-0.25, -0.2) is 0 Å². The van der Waals surface area contributed by atoms with Gasteiger partial charge in [0.2, 0.25) is 5.43 Å². The molecule has 1 fully saturated rings. The van der Waals surface area contributed by atoms with Gasteiger partial charge < -0.3 is 15.0 Å². The van der Waals surface area contributed by atoms with E-state index in [-0.39, 0.29) is 11.2 Å². The highest BCUT2D eigenvalue weighted by Gasteiger charge is 2.20. The second-order valence-electron chi connectivity index (χ2n) is 7.26. The molecular weight excluding hydrogens is 312 g/mol. The van der Waals surface area contributed by atoms with Crippen molar-refractivity contribution in [3.05, 3.63) is 34.6 Å². The van der Waals surface area contributed by atoms with Crippen molar-refractivity contribution < 1.29 is 5.11 Å². The Labute approximate surface area is 149 Å². The van der Waals surface area contributed by atoms with Gasteiger partial charge in [0.05, 0.1) is 11.7 Å². The van der Waals surface area contributed by atoms with Gasteiger partial charge >= 0.3 is 0 Å². The van der Waals surface area contributed by atoms with E-state index in [1.165, 1.54) is 44.9 Å². The van der Waals surface area contributed by atoms with Crippen molar-refractivity contribution in [2.75, 3.05) is 11.9 Å². The third kappa shape index (κ3) is 4.17. The molecule has 2 N–H and O–H groups in total. The topological polar surface area (TPSA) is 54.3 Å². The highest BCUT2D eigenvalue weighted by atomic mass is 16.3. The van der Waals surface area contributed by atoms with Crippen LogP contribution >= 0.6 is 0 Å². The minimum absolute atomic E-state index is 0.143. The first-order valence-corrected chi connectivity index (χ1v) is 9.82. The van der Waals surface area contributed by atoms with Crippen molar-refractivity contribution in [2.24, 2.45) is 0 Å². The highest BCUT2D eigenvalue weighted by Crippen LogP contribution is 2.33. The van der Waals surface area contributed by atoms with E-state index in [4.69, 9.17) is 0 Å². The first kappa shape index (κ1) is 17.8. The summed E-state index contributed by atoms with van der Waals surface area (Å²) in [7, 11) is 0. The Hall–Kier alpha value is -1.97. The number of unbranched alkanes of at least 4 members (excludes halogenated alkanes) is 4. The summed E-state index contributed by atoms with van der Waals surface area (Å²) in [4.78, 5) is 12.3. The summed E-state index contributed by atoms with van der Waals surface area (Å²) < 4.78 is 2.12. The van der Waals surface area contributed by atoms with Crippen molar-refractivity contribution in [3.63, 3.8) is 0 Å². The first-order valence-electron chi connectivity index (χ1n) is 9.82. The Morgan fingerprint density at radius 2 is 1.92 bits per heavy atom. The summed E-state index contributed by atoms with van der Waals surface area (Å²) in [6, 6.07) is 6.26. The van der Waals surface area contributed by atoms with Crippen LogP contribution < -0.4 is 10.7 Å². The Kier molecular flexibility index (Phi) is 6.00. The number of aromatic nitrogens is 1.